The number of methoxy groups -OCH3 is 1. The molecule has 0 unspecified atom stereocenters. The monoisotopic (exact) mass is 437 g/mol. The minimum absolute atomic E-state index is 0. The van der Waals surface area contributed by atoms with Crippen LogP contribution in [0.25, 0.3) is 10.2 Å². The van der Waals surface area contributed by atoms with E-state index in [0.717, 1.165) is 55.2 Å². The second-order valence-electron chi connectivity index (χ2n) is 6.57. The number of morpholine rings is 1. The largest absolute Gasteiger partial charge is 0.497 e. The van der Waals surface area contributed by atoms with E-state index in [2.05, 4.69) is 9.88 Å². The van der Waals surface area contributed by atoms with Crippen LogP contribution >= 0.6 is 23.7 Å². The zero-order chi connectivity index (χ0) is 19.3. The number of furan rings is 1. The minimum Gasteiger partial charge on any atom is -0.497 e. The number of anilines is 1. The van der Waals surface area contributed by atoms with Gasteiger partial charge in [-0.1, -0.05) is 11.3 Å². The highest BCUT2D eigenvalue weighted by molar-refractivity contribution is 7.22. The predicted molar refractivity (Wildman–Crippen MR) is 116 cm³/mol. The summed E-state index contributed by atoms with van der Waals surface area (Å²) in [6.07, 6.45) is 2.37. The Morgan fingerprint density at radius 2 is 2.14 bits per heavy atom. The Labute approximate surface area is 179 Å². The van der Waals surface area contributed by atoms with Crippen LogP contribution in [0.1, 0.15) is 17.0 Å². The summed E-state index contributed by atoms with van der Waals surface area (Å²) in [5.41, 5.74) is 0.853. The molecule has 0 aliphatic carbocycles. The molecule has 1 saturated heterocycles. The smallest absolute Gasteiger partial charge is 0.295 e. The van der Waals surface area contributed by atoms with Crippen molar-refractivity contribution in [2.24, 2.45) is 0 Å². The summed E-state index contributed by atoms with van der Waals surface area (Å²) in [7, 11) is 1.64. The molecule has 0 atom stereocenters. The van der Waals surface area contributed by atoms with Crippen LogP contribution in [0.4, 0.5) is 5.13 Å². The molecule has 0 saturated carbocycles. The Bertz CT molecular complexity index is 925. The van der Waals surface area contributed by atoms with Gasteiger partial charge in [0.05, 0.1) is 36.8 Å². The molecule has 1 aliphatic heterocycles. The van der Waals surface area contributed by atoms with Crippen LogP contribution in [0.5, 0.6) is 5.75 Å². The van der Waals surface area contributed by atoms with Crippen molar-refractivity contribution in [3.8, 4) is 5.75 Å². The maximum atomic E-state index is 13.0. The van der Waals surface area contributed by atoms with Crippen molar-refractivity contribution in [3.05, 3.63) is 42.4 Å². The zero-order valence-electron chi connectivity index (χ0n) is 16.2. The first-order chi connectivity index (χ1) is 13.7. The number of carbonyl (C=O) groups is 1. The highest BCUT2D eigenvalue weighted by atomic mass is 35.5. The number of amides is 1. The van der Waals surface area contributed by atoms with E-state index in [-0.39, 0.29) is 18.3 Å². The van der Waals surface area contributed by atoms with Crippen molar-refractivity contribution in [2.45, 2.75) is 6.42 Å². The number of aromatic nitrogens is 1. The third-order valence-corrected chi connectivity index (χ3v) is 5.79. The lowest BCUT2D eigenvalue weighted by molar-refractivity contribution is 0.0376. The summed E-state index contributed by atoms with van der Waals surface area (Å²) in [4.78, 5) is 21.8. The highest BCUT2D eigenvalue weighted by Gasteiger charge is 2.23. The van der Waals surface area contributed by atoms with E-state index < -0.39 is 0 Å². The first-order valence-corrected chi connectivity index (χ1v) is 10.2. The van der Waals surface area contributed by atoms with E-state index in [4.69, 9.17) is 13.9 Å². The predicted octanol–water partition coefficient (Wildman–Crippen LogP) is 3.69. The Balaban J connectivity index is 0.00000240. The Morgan fingerprint density at radius 3 is 2.86 bits per heavy atom. The van der Waals surface area contributed by atoms with Gasteiger partial charge in [0.25, 0.3) is 5.91 Å². The molecule has 1 fully saturated rings. The summed E-state index contributed by atoms with van der Waals surface area (Å²) in [6, 6.07) is 9.15. The number of fused-ring (bicyclic) bond motifs is 1. The summed E-state index contributed by atoms with van der Waals surface area (Å²) >= 11 is 1.49. The number of carbonyl (C=O) groups excluding carboxylic acids is 1. The lowest BCUT2D eigenvalue weighted by atomic mass is 10.3. The van der Waals surface area contributed by atoms with Crippen LogP contribution < -0.4 is 9.64 Å². The van der Waals surface area contributed by atoms with E-state index in [0.29, 0.717) is 17.4 Å². The van der Waals surface area contributed by atoms with Crippen LogP contribution in [-0.2, 0) is 4.74 Å². The molecule has 29 heavy (non-hydrogen) atoms. The maximum absolute atomic E-state index is 13.0. The molecular formula is C20H24ClN3O4S. The molecule has 0 bridgehead atoms. The molecule has 9 heteroatoms. The first-order valence-electron chi connectivity index (χ1n) is 9.34. The van der Waals surface area contributed by atoms with Gasteiger partial charge in [-0.2, -0.15) is 0 Å². The molecule has 3 aromatic rings. The number of nitrogens with zero attached hydrogens (tertiary/aromatic N) is 3. The SMILES string of the molecule is COc1ccc2nc(N(CCCN3CCOCC3)C(=O)c3ccco3)sc2c1.Cl. The fraction of sp³-hybridized carbons (Fsp3) is 0.400. The van der Waals surface area contributed by atoms with Crippen LogP contribution in [-0.4, -0.2) is 62.3 Å². The number of hydrogen-bond donors (Lipinski definition) is 0. The van der Waals surface area contributed by atoms with Crippen LogP contribution in [0.15, 0.2) is 41.0 Å². The standard InChI is InChI=1S/C20H23N3O4S.ClH/c1-25-15-5-6-16-18(14-15)28-20(21-16)23(19(24)17-4-2-11-27-17)8-3-7-22-9-12-26-13-10-22;/h2,4-6,11,14H,3,7-10,12-13H2,1H3;1H. The average Bonchev–Trinajstić information content (AvgIpc) is 3.40. The van der Waals surface area contributed by atoms with Crippen molar-refractivity contribution in [2.75, 3.05) is 51.4 Å². The van der Waals surface area contributed by atoms with Gasteiger partial charge in [0.2, 0.25) is 0 Å². The van der Waals surface area contributed by atoms with Gasteiger partial charge in [0, 0.05) is 26.2 Å². The third-order valence-electron chi connectivity index (χ3n) is 4.75. The Morgan fingerprint density at radius 1 is 1.31 bits per heavy atom. The molecular weight excluding hydrogens is 414 g/mol. The van der Waals surface area contributed by atoms with Crippen LogP contribution in [0.2, 0.25) is 0 Å². The van der Waals surface area contributed by atoms with Crippen molar-refractivity contribution in [1.29, 1.82) is 0 Å². The third kappa shape index (κ3) is 5.08. The summed E-state index contributed by atoms with van der Waals surface area (Å²) in [5.74, 6) is 0.931. The van der Waals surface area contributed by atoms with Crippen molar-refractivity contribution in [3.63, 3.8) is 0 Å². The highest BCUT2D eigenvalue weighted by Crippen LogP contribution is 2.32. The normalized spacial score (nSPS) is 14.5. The number of thiazole rings is 1. The molecule has 3 heterocycles. The Kier molecular flexibility index (Phi) is 7.49. The molecule has 0 spiro atoms. The maximum Gasteiger partial charge on any atom is 0.295 e. The van der Waals surface area contributed by atoms with E-state index in [9.17, 15) is 4.79 Å². The average molecular weight is 438 g/mol. The summed E-state index contributed by atoms with van der Waals surface area (Å²) < 4.78 is 17.0. The van der Waals surface area contributed by atoms with E-state index in [1.54, 1.807) is 24.1 Å². The fourth-order valence-electron chi connectivity index (χ4n) is 3.23. The lowest BCUT2D eigenvalue weighted by Gasteiger charge is -2.27. The van der Waals surface area contributed by atoms with Gasteiger partial charge < -0.3 is 13.9 Å². The van der Waals surface area contributed by atoms with Gasteiger partial charge in [-0.25, -0.2) is 4.98 Å². The molecule has 0 N–H and O–H groups in total. The lowest BCUT2D eigenvalue weighted by Crippen LogP contribution is -2.39. The molecule has 7 nitrogen and oxygen atoms in total. The van der Waals surface area contributed by atoms with E-state index in [1.807, 2.05) is 18.2 Å². The molecule has 156 valence electrons. The molecule has 1 amide bonds. The zero-order valence-corrected chi connectivity index (χ0v) is 17.8. The molecule has 4 rings (SSSR count). The molecule has 1 aliphatic rings. The van der Waals surface area contributed by atoms with Crippen molar-refractivity contribution in [1.82, 2.24) is 9.88 Å². The van der Waals surface area contributed by atoms with Gasteiger partial charge in [-0.3, -0.25) is 14.6 Å². The van der Waals surface area contributed by atoms with Crippen LogP contribution in [0.3, 0.4) is 0 Å². The second kappa shape index (κ2) is 10.1. The number of ether oxygens (including phenoxy) is 2. The molecule has 2 aromatic heterocycles. The summed E-state index contributed by atoms with van der Waals surface area (Å²) in [6.45, 7) is 4.92. The quantitative estimate of drug-likeness (QED) is 0.561. The number of rotatable bonds is 7. The van der Waals surface area contributed by atoms with Gasteiger partial charge in [0.15, 0.2) is 10.9 Å². The van der Waals surface area contributed by atoms with Gasteiger partial charge >= 0.3 is 0 Å². The minimum atomic E-state index is -0.169. The first kappa shape index (κ1) is 21.6. The fourth-order valence-corrected chi connectivity index (χ4v) is 4.25. The summed E-state index contributed by atoms with van der Waals surface area (Å²) in [5, 5.41) is 0.673. The second-order valence-corrected chi connectivity index (χ2v) is 7.58. The van der Waals surface area contributed by atoms with E-state index in [1.165, 1.54) is 17.6 Å². The molecule has 0 radical (unpaired) electrons. The topological polar surface area (TPSA) is 68.0 Å². The molecule has 1 aromatic carbocycles. The van der Waals surface area contributed by atoms with Gasteiger partial charge in [0.1, 0.15) is 5.75 Å². The van der Waals surface area contributed by atoms with Gasteiger partial charge in [-0.15, -0.1) is 12.4 Å². The van der Waals surface area contributed by atoms with Crippen molar-refractivity contribution >= 4 is 45.0 Å². The van der Waals surface area contributed by atoms with Crippen LogP contribution in [0, 0.1) is 0 Å². The number of halogens is 1. The number of hydrogen-bond acceptors (Lipinski definition) is 7. The number of benzene rings is 1. The van der Waals surface area contributed by atoms with Gasteiger partial charge in [-0.05, 0) is 36.8 Å². The van der Waals surface area contributed by atoms with Crippen molar-refractivity contribution < 1.29 is 18.7 Å². The van der Waals surface area contributed by atoms with E-state index >= 15 is 0 Å². The Hall–Kier alpha value is -2.13.